The Balaban J connectivity index is 2.74. The summed E-state index contributed by atoms with van der Waals surface area (Å²) in [7, 11) is 0. The lowest BCUT2D eigenvalue weighted by Crippen LogP contribution is -2.50. The van der Waals surface area contributed by atoms with Crippen molar-refractivity contribution in [1.29, 1.82) is 0 Å². The number of hydrogen-bond donors (Lipinski definition) is 3. The third kappa shape index (κ3) is 3.62. The molecule has 0 fully saturated rings. The molecule has 18 heavy (non-hydrogen) atoms. The van der Waals surface area contributed by atoms with Crippen molar-refractivity contribution in [2.24, 2.45) is 0 Å². The van der Waals surface area contributed by atoms with E-state index in [1.807, 2.05) is 26.0 Å². The van der Waals surface area contributed by atoms with Crippen LogP contribution in [-0.2, 0) is 0 Å². The number of carbonyl (C=O) groups is 1. The Hall–Kier alpha value is -1.26. The van der Waals surface area contributed by atoms with Crippen LogP contribution in [0.4, 0.5) is 10.5 Å². The lowest BCUT2D eigenvalue weighted by Gasteiger charge is -2.27. The smallest absolute Gasteiger partial charge is 0.319 e. The molecule has 0 saturated heterocycles. The second-order valence-corrected chi connectivity index (χ2v) is 4.97. The number of anilines is 1. The molecular formula is C13H19ClN2O2. The number of nitrogens with one attached hydrogen (secondary N) is 2. The van der Waals surface area contributed by atoms with Crippen LogP contribution in [0.25, 0.3) is 0 Å². The van der Waals surface area contributed by atoms with E-state index in [0.717, 1.165) is 5.56 Å². The van der Waals surface area contributed by atoms with Gasteiger partial charge in [-0.15, -0.1) is 0 Å². The van der Waals surface area contributed by atoms with Gasteiger partial charge in [0.2, 0.25) is 0 Å². The van der Waals surface area contributed by atoms with Crippen LogP contribution in [0.3, 0.4) is 0 Å². The summed E-state index contributed by atoms with van der Waals surface area (Å²) in [6.07, 6.45) is 0.637. The van der Waals surface area contributed by atoms with E-state index < -0.39 is 5.54 Å². The summed E-state index contributed by atoms with van der Waals surface area (Å²) in [5, 5.41) is 15.2. The van der Waals surface area contributed by atoms with Crippen molar-refractivity contribution in [2.75, 3.05) is 11.9 Å². The zero-order valence-electron chi connectivity index (χ0n) is 10.9. The zero-order valence-corrected chi connectivity index (χ0v) is 11.6. The van der Waals surface area contributed by atoms with Crippen LogP contribution < -0.4 is 10.6 Å². The van der Waals surface area contributed by atoms with Gasteiger partial charge in [0, 0.05) is 0 Å². The monoisotopic (exact) mass is 270 g/mol. The van der Waals surface area contributed by atoms with Gasteiger partial charge >= 0.3 is 6.03 Å². The third-order valence-electron chi connectivity index (χ3n) is 2.98. The van der Waals surface area contributed by atoms with Gasteiger partial charge in [0.15, 0.2) is 0 Å². The number of hydrogen-bond acceptors (Lipinski definition) is 2. The summed E-state index contributed by atoms with van der Waals surface area (Å²) in [4.78, 5) is 11.8. The summed E-state index contributed by atoms with van der Waals surface area (Å²) in [5.41, 5.74) is 0.834. The predicted molar refractivity (Wildman–Crippen MR) is 74.1 cm³/mol. The molecule has 1 aromatic rings. The maximum atomic E-state index is 11.8. The Kier molecular flexibility index (Phi) is 4.99. The SMILES string of the molecule is CC[C@@](C)(CO)NC(=O)Nc1cccc(C)c1Cl. The number of benzene rings is 1. The van der Waals surface area contributed by atoms with E-state index in [1.165, 1.54) is 0 Å². The number of aliphatic hydroxyl groups is 1. The highest BCUT2D eigenvalue weighted by Gasteiger charge is 2.23. The largest absolute Gasteiger partial charge is 0.394 e. The standard InChI is InChI=1S/C13H19ClN2O2/c1-4-13(3,8-17)16-12(18)15-10-7-5-6-9(2)11(10)14/h5-7,17H,4,8H2,1-3H3,(H2,15,16,18)/t13-/m0/s1. The van der Waals surface area contributed by atoms with Crippen LogP contribution in [0.2, 0.25) is 5.02 Å². The van der Waals surface area contributed by atoms with Crippen molar-refractivity contribution >= 4 is 23.3 Å². The molecule has 0 aliphatic heterocycles. The van der Waals surface area contributed by atoms with E-state index in [2.05, 4.69) is 10.6 Å². The van der Waals surface area contributed by atoms with Crippen molar-refractivity contribution in [3.63, 3.8) is 0 Å². The molecule has 1 aromatic carbocycles. The van der Waals surface area contributed by atoms with Gasteiger partial charge in [0.05, 0.1) is 22.9 Å². The Morgan fingerprint density at radius 2 is 2.17 bits per heavy atom. The average Bonchev–Trinajstić information content (AvgIpc) is 2.34. The summed E-state index contributed by atoms with van der Waals surface area (Å²) in [5.74, 6) is 0. The molecule has 0 bridgehead atoms. The minimum Gasteiger partial charge on any atom is -0.394 e. The van der Waals surface area contributed by atoms with Crippen LogP contribution >= 0.6 is 11.6 Å². The number of carbonyl (C=O) groups excluding carboxylic acids is 1. The fourth-order valence-electron chi connectivity index (χ4n) is 1.41. The van der Waals surface area contributed by atoms with Gasteiger partial charge in [0.1, 0.15) is 0 Å². The molecule has 100 valence electrons. The van der Waals surface area contributed by atoms with E-state index in [4.69, 9.17) is 11.6 Å². The highest BCUT2D eigenvalue weighted by molar-refractivity contribution is 6.34. The van der Waals surface area contributed by atoms with Crippen LogP contribution in [-0.4, -0.2) is 23.3 Å². The van der Waals surface area contributed by atoms with E-state index >= 15 is 0 Å². The number of halogens is 1. The second kappa shape index (κ2) is 6.07. The number of rotatable bonds is 4. The Labute approximate surface area is 112 Å². The Morgan fingerprint density at radius 1 is 1.50 bits per heavy atom. The fourth-order valence-corrected chi connectivity index (χ4v) is 1.58. The molecule has 0 unspecified atom stereocenters. The van der Waals surface area contributed by atoms with Crippen molar-refractivity contribution in [3.8, 4) is 0 Å². The molecule has 2 amide bonds. The number of urea groups is 1. The Morgan fingerprint density at radius 3 is 2.72 bits per heavy atom. The molecule has 0 aromatic heterocycles. The molecular weight excluding hydrogens is 252 g/mol. The van der Waals surface area contributed by atoms with E-state index in [1.54, 1.807) is 13.0 Å². The molecule has 5 heteroatoms. The second-order valence-electron chi connectivity index (χ2n) is 4.59. The summed E-state index contributed by atoms with van der Waals surface area (Å²) < 4.78 is 0. The maximum Gasteiger partial charge on any atom is 0.319 e. The number of aliphatic hydroxyl groups excluding tert-OH is 1. The Bertz CT molecular complexity index is 431. The lowest BCUT2D eigenvalue weighted by atomic mass is 10.0. The molecule has 3 N–H and O–H groups in total. The highest BCUT2D eigenvalue weighted by Crippen LogP contribution is 2.25. The first-order valence-electron chi connectivity index (χ1n) is 5.87. The highest BCUT2D eigenvalue weighted by atomic mass is 35.5. The van der Waals surface area contributed by atoms with Crippen molar-refractivity contribution in [3.05, 3.63) is 28.8 Å². The van der Waals surface area contributed by atoms with E-state index in [0.29, 0.717) is 17.1 Å². The van der Waals surface area contributed by atoms with Gasteiger partial charge in [-0.05, 0) is 31.9 Å². The first-order chi connectivity index (χ1) is 8.41. The summed E-state index contributed by atoms with van der Waals surface area (Å²) >= 11 is 6.08. The maximum absolute atomic E-state index is 11.8. The van der Waals surface area contributed by atoms with Crippen LogP contribution in [0.15, 0.2) is 18.2 Å². The molecule has 0 spiro atoms. The number of amides is 2. The third-order valence-corrected chi connectivity index (χ3v) is 3.49. The van der Waals surface area contributed by atoms with E-state index in [-0.39, 0.29) is 12.6 Å². The van der Waals surface area contributed by atoms with Gasteiger partial charge in [0.25, 0.3) is 0 Å². The molecule has 0 aliphatic rings. The molecule has 0 aliphatic carbocycles. The van der Waals surface area contributed by atoms with Crippen LogP contribution in [0, 0.1) is 6.92 Å². The lowest BCUT2D eigenvalue weighted by molar-refractivity contribution is 0.172. The molecule has 1 atom stereocenters. The molecule has 0 radical (unpaired) electrons. The van der Waals surface area contributed by atoms with E-state index in [9.17, 15) is 9.90 Å². The normalized spacial score (nSPS) is 13.8. The molecule has 0 heterocycles. The van der Waals surface area contributed by atoms with Gasteiger partial charge in [-0.25, -0.2) is 4.79 Å². The molecule has 1 rings (SSSR count). The van der Waals surface area contributed by atoms with Gasteiger partial charge < -0.3 is 15.7 Å². The minimum atomic E-state index is -0.625. The number of aryl methyl sites for hydroxylation is 1. The first-order valence-corrected chi connectivity index (χ1v) is 6.25. The minimum absolute atomic E-state index is 0.113. The van der Waals surface area contributed by atoms with Gasteiger partial charge in [-0.2, -0.15) is 0 Å². The molecule has 0 saturated carbocycles. The first kappa shape index (κ1) is 14.8. The summed E-state index contributed by atoms with van der Waals surface area (Å²) in [6, 6.07) is 5.05. The van der Waals surface area contributed by atoms with Gasteiger partial charge in [-0.1, -0.05) is 30.7 Å². The van der Waals surface area contributed by atoms with Gasteiger partial charge in [-0.3, -0.25) is 0 Å². The fraction of sp³-hybridized carbons (Fsp3) is 0.462. The van der Waals surface area contributed by atoms with Crippen molar-refractivity contribution in [2.45, 2.75) is 32.7 Å². The molecule has 4 nitrogen and oxygen atoms in total. The summed E-state index contributed by atoms with van der Waals surface area (Å²) in [6.45, 7) is 5.44. The topological polar surface area (TPSA) is 61.4 Å². The van der Waals surface area contributed by atoms with Crippen LogP contribution in [0.5, 0.6) is 0 Å². The van der Waals surface area contributed by atoms with Crippen molar-refractivity contribution in [1.82, 2.24) is 5.32 Å². The zero-order chi connectivity index (χ0) is 13.8. The van der Waals surface area contributed by atoms with Crippen LogP contribution in [0.1, 0.15) is 25.8 Å². The average molecular weight is 271 g/mol. The predicted octanol–water partition coefficient (Wildman–Crippen LogP) is 2.93. The quantitative estimate of drug-likeness (QED) is 0.788. The van der Waals surface area contributed by atoms with Crippen molar-refractivity contribution < 1.29 is 9.90 Å².